The molecule has 3 N–H and O–H groups in total. The van der Waals surface area contributed by atoms with E-state index in [0.29, 0.717) is 10.8 Å². The van der Waals surface area contributed by atoms with Gasteiger partial charge in [-0.25, -0.2) is 0 Å². The molecule has 2 aromatic carbocycles. The number of halogens is 1. The number of nitrogen functional groups attached to an aromatic ring is 1. The molecule has 0 atom stereocenters. The summed E-state index contributed by atoms with van der Waals surface area (Å²) < 4.78 is 0. The number of aromatic amines is 1. The van der Waals surface area contributed by atoms with E-state index in [-0.39, 0.29) is 0 Å². The van der Waals surface area contributed by atoms with E-state index in [2.05, 4.69) is 41.4 Å². The fourth-order valence-electron chi connectivity index (χ4n) is 2.20. The minimum Gasteiger partial charge on any atom is -0.382 e. The number of nitrogens with zero attached hydrogens (tertiary/aromatic N) is 1. The van der Waals surface area contributed by atoms with Gasteiger partial charge in [0.25, 0.3) is 0 Å². The summed E-state index contributed by atoms with van der Waals surface area (Å²) in [5.74, 6) is 0.498. The zero-order chi connectivity index (χ0) is 13.4. The van der Waals surface area contributed by atoms with E-state index >= 15 is 0 Å². The Kier molecular flexibility index (Phi) is 2.91. The molecule has 1 aromatic heterocycles. The summed E-state index contributed by atoms with van der Waals surface area (Å²) in [5.41, 5.74) is 10.1. The largest absolute Gasteiger partial charge is 0.382 e. The number of hydrogen-bond acceptors (Lipinski definition) is 2. The summed E-state index contributed by atoms with van der Waals surface area (Å²) >= 11 is 6.33. The van der Waals surface area contributed by atoms with Crippen molar-refractivity contribution >= 4 is 28.3 Å². The molecular weight excluding hydrogens is 258 g/mol. The Hall–Kier alpha value is -2.00. The van der Waals surface area contributed by atoms with Gasteiger partial charge >= 0.3 is 0 Å². The second-order valence-electron chi connectivity index (χ2n) is 4.54. The maximum absolute atomic E-state index is 6.33. The molecule has 0 aliphatic carbocycles. The number of nitrogens with one attached hydrogen (secondary N) is 1. The van der Waals surface area contributed by atoms with Gasteiger partial charge in [-0.2, -0.15) is 5.10 Å². The van der Waals surface area contributed by atoms with Crippen molar-refractivity contribution in [2.45, 2.75) is 13.3 Å². The van der Waals surface area contributed by atoms with Crippen molar-refractivity contribution in [1.82, 2.24) is 10.2 Å². The first-order valence-electron chi connectivity index (χ1n) is 6.21. The summed E-state index contributed by atoms with van der Waals surface area (Å²) in [6, 6.07) is 12.3. The lowest BCUT2D eigenvalue weighted by Gasteiger charge is -2.06. The van der Waals surface area contributed by atoms with Crippen molar-refractivity contribution in [1.29, 1.82) is 0 Å². The van der Waals surface area contributed by atoms with Crippen LogP contribution in [0.4, 0.5) is 5.82 Å². The molecule has 3 rings (SSSR count). The predicted octanol–water partition coefficient (Wildman–Crippen LogP) is 4.03. The van der Waals surface area contributed by atoms with E-state index in [4.69, 9.17) is 17.3 Å². The zero-order valence-corrected chi connectivity index (χ0v) is 11.3. The maximum atomic E-state index is 6.33. The quantitative estimate of drug-likeness (QED) is 0.739. The maximum Gasteiger partial charge on any atom is 0.153 e. The van der Waals surface area contributed by atoms with Crippen LogP contribution in [0, 0.1) is 0 Å². The highest BCUT2D eigenvalue weighted by atomic mass is 35.5. The molecule has 0 aliphatic heterocycles. The summed E-state index contributed by atoms with van der Waals surface area (Å²) in [7, 11) is 0. The third-order valence-corrected chi connectivity index (χ3v) is 3.67. The number of hydrogen-bond donors (Lipinski definition) is 2. The topological polar surface area (TPSA) is 54.7 Å². The van der Waals surface area contributed by atoms with Crippen LogP contribution in [0.3, 0.4) is 0 Å². The number of rotatable bonds is 2. The van der Waals surface area contributed by atoms with Crippen molar-refractivity contribution in [3.8, 4) is 11.1 Å². The van der Waals surface area contributed by atoms with E-state index in [1.54, 1.807) is 0 Å². The molecule has 3 nitrogen and oxygen atoms in total. The van der Waals surface area contributed by atoms with Crippen LogP contribution < -0.4 is 5.73 Å². The van der Waals surface area contributed by atoms with Gasteiger partial charge in [0.2, 0.25) is 0 Å². The minimum absolute atomic E-state index is 0.498. The highest BCUT2D eigenvalue weighted by Crippen LogP contribution is 2.33. The number of aryl methyl sites for hydroxylation is 1. The van der Waals surface area contributed by atoms with Gasteiger partial charge in [0.1, 0.15) is 0 Å². The molecule has 0 unspecified atom stereocenters. The Morgan fingerprint density at radius 1 is 1.21 bits per heavy atom. The van der Waals surface area contributed by atoms with Gasteiger partial charge in [0, 0.05) is 10.9 Å². The molecule has 1 heterocycles. The Labute approximate surface area is 116 Å². The van der Waals surface area contributed by atoms with Gasteiger partial charge in [0.15, 0.2) is 5.82 Å². The third-order valence-electron chi connectivity index (χ3n) is 3.35. The molecular formula is C15H14ClN3. The van der Waals surface area contributed by atoms with Crippen LogP contribution in [-0.2, 0) is 6.42 Å². The van der Waals surface area contributed by atoms with Gasteiger partial charge in [0.05, 0.1) is 10.5 Å². The molecule has 0 bridgehead atoms. The Bertz CT molecular complexity index is 729. The predicted molar refractivity (Wildman–Crippen MR) is 80.3 cm³/mol. The van der Waals surface area contributed by atoms with Crippen molar-refractivity contribution in [2.24, 2.45) is 0 Å². The van der Waals surface area contributed by atoms with Crippen LogP contribution in [-0.4, -0.2) is 10.2 Å². The van der Waals surface area contributed by atoms with Crippen molar-refractivity contribution < 1.29 is 0 Å². The highest BCUT2D eigenvalue weighted by molar-refractivity contribution is 6.34. The lowest BCUT2D eigenvalue weighted by atomic mass is 10.0. The van der Waals surface area contributed by atoms with Crippen LogP contribution in [0.25, 0.3) is 22.0 Å². The molecule has 0 spiro atoms. The zero-order valence-electron chi connectivity index (χ0n) is 10.6. The first kappa shape index (κ1) is 12.1. The number of fused-ring (bicyclic) bond motifs is 1. The summed E-state index contributed by atoms with van der Waals surface area (Å²) in [6.45, 7) is 2.14. The molecule has 0 saturated heterocycles. The number of nitrogens with two attached hydrogens (primary N) is 1. The lowest BCUT2D eigenvalue weighted by Crippen LogP contribution is -1.86. The van der Waals surface area contributed by atoms with Gasteiger partial charge in [-0.05, 0) is 29.7 Å². The number of anilines is 1. The second-order valence-corrected chi connectivity index (χ2v) is 4.94. The van der Waals surface area contributed by atoms with Crippen LogP contribution in [0.2, 0.25) is 5.02 Å². The molecule has 96 valence electrons. The van der Waals surface area contributed by atoms with E-state index in [0.717, 1.165) is 28.5 Å². The minimum atomic E-state index is 0.498. The van der Waals surface area contributed by atoms with E-state index in [1.807, 2.05) is 12.1 Å². The van der Waals surface area contributed by atoms with Crippen LogP contribution >= 0.6 is 11.6 Å². The number of H-pyrrole nitrogens is 1. The molecule has 4 heteroatoms. The number of aromatic nitrogens is 2. The molecule has 0 radical (unpaired) electrons. The van der Waals surface area contributed by atoms with E-state index < -0.39 is 0 Å². The van der Waals surface area contributed by atoms with Gasteiger partial charge in [-0.15, -0.1) is 0 Å². The Balaban J connectivity index is 2.17. The molecule has 0 saturated carbocycles. The average molecular weight is 272 g/mol. The Morgan fingerprint density at radius 2 is 1.95 bits per heavy atom. The smallest absolute Gasteiger partial charge is 0.153 e. The average Bonchev–Trinajstić information content (AvgIpc) is 2.79. The molecule has 19 heavy (non-hydrogen) atoms. The SMILES string of the molecule is CCc1ccc(-c2cc3c(N)n[nH]c3cc2Cl)cc1. The molecule has 3 aromatic rings. The van der Waals surface area contributed by atoms with Crippen LogP contribution in [0.15, 0.2) is 36.4 Å². The van der Waals surface area contributed by atoms with Crippen LogP contribution in [0.5, 0.6) is 0 Å². The molecule has 0 fully saturated rings. The van der Waals surface area contributed by atoms with Crippen molar-refractivity contribution in [3.05, 3.63) is 47.0 Å². The Morgan fingerprint density at radius 3 is 2.63 bits per heavy atom. The van der Waals surface area contributed by atoms with Crippen molar-refractivity contribution in [3.63, 3.8) is 0 Å². The summed E-state index contributed by atoms with van der Waals surface area (Å²) in [6.07, 6.45) is 1.03. The van der Waals surface area contributed by atoms with Crippen LogP contribution in [0.1, 0.15) is 12.5 Å². The number of benzene rings is 2. The normalized spacial score (nSPS) is 11.1. The standard InChI is InChI=1S/C15H14ClN3/c1-2-9-3-5-10(6-4-9)11-7-12-14(8-13(11)16)18-19-15(12)17/h3-8H,2H2,1H3,(H3,17,18,19). The molecule has 0 amide bonds. The molecule has 0 aliphatic rings. The second kappa shape index (κ2) is 4.59. The van der Waals surface area contributed by atoms with E-state index in [9.17, 15) is 0 Å². The lowest BCUT2D eigenvalue weighted by molar-refractivity contribution is 1.13. The first-order chi connectivity index (χ1) is 9.19. The fourth-order valence-corrected chi connectivity index (χ4v) is 2.47. The first-order valence-corrected chi connectivity index (χ1v) is 6.59. The van der Waals surface area contributed by atoms with Crippen molar-refractivity contribution in [2.75, 3.05) is 5.73 Å². The van der Waals surface area contributed by atoms with E-state index in [1.165, 1.54) is 5.56 Å². The summed E-state index contributed by atoms with van der Waals surface area (Å²) in [4.78, 5) is 0. The fraction of sp³-hybridized carbons (Fsp3) is 0.133. The van der Waals surface area contributed by atoms with Gasteiger partial charge in [-0.1, -0.05) is 42.8 Å². The summed E-state index contributed by atoms with van der Waals surface area (Å²) in [5, 5.41) is 8.46. The highest BCUT2D eigenvalue weighted by Gasteiger charge is 2.09. The van der Waals surface area contributed by atoms with Gasteiger partial charge in [-0.3, -0.25) is 5.10 Å². The third kappa shape index (κ3) is 2.06. The van der Waals surface area contributed by atoms with Gasteiger partial charge < -0.3 is 5.73 Å². The monoisotopic (exact) mass is 271 g/mol.